The first kappa shape index (κ1) is 33.3. The van der Waals surface area contributed by atoms with Gasteiger partial charge in [-0.05, 0) is 128 Å². The van der Waals surface area contributed by atoms with Gasteiger partial charge in [0.25, 0.3) is 0 Å². The topological polar surface area (TPSA) is 16.4 Å². The van der Waals surface area contributed by atoms with Crippen LogP contribution >= 0.6 is 10.9 Å². The molecule has 9 aromatic carbocycles. The zero-order valence-electron chi connectivity index (χ0n) is 31.1. The molecule has 1 unspecified atom stereocenters. The number of nitrogens with zero attached hydrogens (tertiary/aromatic N) is 1. The first-order valence-corrected chi connectivity index (χ1v) is 20.8. The van der Waals surface area contributed by atoms with Gasteiger partial charge in [-0.2, -0.15) is 10.9 Å². The smallest absolute Gasteiger partial charge is 0.135 e. The standard InChI is InChI=1S/C54H37NOS/c1-3-11-37(12-4-1)39-19-26-43(27-20-39)55(44-28-21-40(22-29-44)38-13-5-2-6-14-38)45-30-23-41(24-31-45)42-25-34-54-50(35-42)48-16-8-10-18-53(48)57(54)46-32-33-52-49(36-46)47-15-7-9-17-51(47)56-52/h1-36,57H. The third-order valence-corrected chi connectivity index (χ3v) is 13.8. The van der Waals surface area contributed by atoms with Crippen molar-refractivity contribution in [3.8, 4) is 44.5 Å². The fourth-order valence-corrected chi connectivity index (χ4v) is 11.0. The molecular weight excluding hydrogens is 711 g/mol. The molecule has 1 aliphatic rings. The van der Waals surface area contributed by atoms with Gasteiger partial charge in [0.2, 0.25) is 0 Å². The van der Waals surface area contributed by atoms with Gasteiger partial charge in [0.1, 0.15) is 11.2 Å². The van der Waals surface area contributed by atoms with E-state index in [1.54, 1.807) is 0 Å². The number of furan rings is 1. The number of thiol groups is 1. The SMILES string of the molecule is c1ccc(-c2ccc(N(c3ccc(-c4ccccc4)cc3)c3ccc(-c4ccc5c(c4)-c4ccccc4[SH]5c4ccc5oc6ccccc6c5c4)cc3)cc2)cc1. The number of para-hydroxylation sites is 1. The van der Waals surface area contributed by atoms with E-state index in [1.165, 1.54) is 70.0 Å². The molecular formula is C54H37NOS. The summed E-state index contributed by atoms with van der Waals surface area (Å²) in [7, 11) is -0.711. The summed E-state index contributed by atoms with van der Waals surface area (Å²) in [6.07, 6.45) is 0. The molecule has 1 atom stereocenters. The van der Waals surface area contributed by atoms with Crippen LogP contribution in [0.5, 0.6) is 0 Å². The summed E-state index contributed by atoms with van der Waals surface area (Å²) in [5.41, 5.74) is 15.1. The molecule has 11 rings (SSSR count). The van der Waals surface area contributed by atoms with Crippen molar-refractivity contribution in [3.05, 3.63) is 218 Å². The van der Waals surface area contributed by atoms with E-state index in [4.69, 9.17) is 4.42 Å². The molecule has 0 N–H and O–H groups in total. The first-order chi connectivity index (χ1) is 28.2. The summed E-state index contributed by atoms with van der Waals surface area (Å²) < 4.78 is 6.19. The molecule has 270 valence electrons. The van der Waals surface area contributed by atoms with Crippen molar-refractivity contribution in [1.29, 1.82) is 0 Å². The Bertz CT molecular complexity index is 2960. The fraction of sp³-hybridized carbons (Fsp3) is 0. The Labute approximate surface area is 335 Å². The molecule has 0 aliphatic carbocycles. The highest BCUT2D eigenvalue weighted by Gasteiger charge is 2.28. The molecule has 10 aromatic rings. The van der Waals surface area contributed by atoms with Crippen molar-refractivity contribution < 1.29 is 4.42 Å². The van der Waals surface area contributed by atoms with Gasteiger partial charge >= 0.3 is 0 Å². The number of hydrogen-bond donors (Lipinski definition) is 1. The van der Waals surface area contributed by atoms with Gasteiger partial charge in [-0.3, -0.25) is 0 Å². The van der Waals surface area contributed by atoms with E-state index in [2.05, 4.69) is 217 Å². The zero-order valence-corrected chi connectivity index (χ0v) is 32.0. The van der Waals surface area contributed by atoms with E-state index in [1.807, 2.05) is 6.07 Å². The zero-order chi connectivity index (χ0) is 37.7. The average Bonchev–Trinajstić information content (AvgIpc) is 3.83. The number of fused-ring (bicyclic) bond motifs is 6. The Kier molecular flexibility index (Phi) is 8.12. The van der Waals surface area contributed by atoms with Crippen LogP contribution in [0.4, 0.5) is 17.1 Å². The monoisotopic (exact) mass is 747 g/mol. The highest BCUT2D eigenvalue weighted by molar-refractivity contribution is 8.17. The highest BCUT2D eigenvalue weighted by atomic mass is 32.2. The van der Waals surface area contributed by atoms with E-state index in [9.17, 15) is 0 Å². The third kappa shape index (κ3) is 5.92. The Morgan fingerprint density at radius 1 is 0.316 bits per heavy atom. The van der Waals surface area contributed by atoms with Crippen LogP contribution in [0.1, 0.15) is 0 Å². The Hall–Kier alpha value is -7.07. The second-order valence-corrected chi connectivity index (χ2v) is 16.7. The maximum absolute atomic E-state index is 6.19. The fourth-order valence-electron chi connectivity index (χ4n) is 8.40. The van der Waals surface area contributed by atoms with Crippen LogP contribution in [0.25, 0.3) is 66.4 Å². The van der Waals surface area contributed by atoms with Crippen LogP contribution in [0.2, 0.25) is 0 Å². The van der Waals surface area contributed by atoms with Gasteiger partial charge in [-0.1, -0.05) is 140 Å². The highest BCUT2D eigenvalue weighted by Crippen LogP contribution is 2.63. The molecule has 3 heteroatoms. The van der Waals surface area contributed by atoms with Crippen LogP contribution < -0.4 is 4.90 Å². The predicted molar refractivity (Wildman–Crippen MR) is 240 cm³/mol. The molecule has 1 aliphatic heterocycles. The lowest BCUT2D eigenvalue weighted by molar-refractivity contribution is 0.668. The molecule has 0 fully saturated rings. The van der Waals surface area contributed by atoms with Gasteiger partial charge in [0.05, 0.1) is 0 Å². The molecule has 57 heavy (non-hydrogen) atoms. The van der Waals surface area contributed by atoms with Gasteiger partial charge in [-0.15, -0.1) is 0 Å². The summed E-state index contributed by atoms with van der Waals surface area (Å²) in [4.78, 5) is 6.51. The number of rotatable bonds is 7. The van der Waals surface area contributed by atoms with Gasteiger partial charge in [0.15, 0.2) is 0 Å². The number of anilines is 3. The predicted octanol–water partition coefficient (Wildman–Crippen LogP) is 15.5. The van der Waals surface area contributed by atoms with Crippen molar-refractivity contribution in [2.75, 3.05) is 4.90 Å². The second-order valence-electron chi connectivity index (χ2n) is 14.6. The number of hydrogen-bond acceptors (Lipinski definition) is 2. The normalized spacial score (nSPS) is 13.7. The van der Waals surface area contributed by atoms with Crippen LogP contribution in [0, 0.1) is 0 Å². The Balaban J connectivity index is 0.952. The molecule has 0 amide bonds. The lowest BCUT2D eigenvalue weighted by Gasteiger charge is -2.26. The summed E-state index contributed by atoms with van der Waals surface area (Å²) in [6, 6.07) is 79.1. The van der Waals surface area contributed by atoms with Gasteiger partial charge in [0, 0.05) is 37.6 Å². The van der Waals surface area contributed by atoms with Crippen molar-refractivity contribution in [2.45, 2.75) is 14.7 Å². The summed E-state index contributed by atoms with van der Waals surface area (Å²) in [5, 5.41) is 2.35. The third-order valence-electron chi connectivity index (χ3n) is 11.2. The molecule has 0 saturated carbocycles. The minimum atomic E-state index is -0.711. The average molecular weight is 748 g/mol. The van der Waals surface area contributed by atoms with E-state index >= 15 is 0 Å². The minimum Gasteiger partial charge on any atom is -0.456 e. The Morgan fingerprint density at radius 2 is 0.789 bits per heavy atom. The second kappa shape index (κ2) is 13.9. The van der Waals surface area contributed by atoms with E-state index in [-0.39, 0.29) is 0 Å². The van der Waals surface area contributed by atoms with Crippen molar-refractivity contribution in [1.82, 2.24) is 0 Å². The molecule has 0 saturated heterocycles. The Morgan fingerprint density at radius 3 is 1.42 bits per heavy atom. The number of benzene rings is 9. The minimum absolute atomic E-state index is 0.711. The van der Waals surface area contributed by atoms with Crippen LogP contribution in [0.3, 0.4) is 0 Å². The van der Waals surface area contributed by atoms with Crippen molar-refractivity contribution in [2.24, 2.45) is 0 Å². The van der Waals surface area contributed by atoms with Crippen LogP contribution in [-0.4, -0.2) is 0 Å². The van der Waals surface area contributed by atoms with Crippen molar-refractivity contribution >= 4 is 49.9 Å². The summed E-state index contributed by atoms with van der Waals surface area (Å²) in [6.45, 7) is 0. The molecule has 1 aromatic heterocycles. The molecule has 0 bridgehead atoms. The van der Waals surface area contributed by atoms with E-state index < -0.39 is 10.9 Å². The molecule has 2 nitrogen and oxygen atoms in total. The lowest BCUT2D eigenvalue weighted by atomic mass is 9.98. The van der Waals surface area contributed by atoms with Gasteiger partial charge < -0.3 is 9.32 Å². The molecule has 0 radical (unpaired) electrons. The quantitative estimate of drug-likeness (QED) is 0.163. The molecule has 0 spiro atoms. The van der Waals surface area contributed by atoms with E-state index in [0.29, 0.717) is 0 Å². The lowest BCUT2D eigenvalue weighted by Crippen LogP contribution is -2.09. The maximum atomic E-state index is 6.19. The molecule has 2 heterocycles. The summed E-state index contributed by atoms with van der Waals surface area (Å²) >= 11 is 0. The first-order valence-electron chi connectivity index (χ1n) is 19.4. The van der Waals surface area contributed by atoms with Crippen LogP contribution in [-0.2, 0) is 0 Å². The maximum Gasteiger partial charge on any atom is 0.135 e. The van der Waals surface area contributed by atoms with E-state index in [0.717, 1.165) is 28.2 Å². The largest absolute Gasteiger partial charge is 0.456 e. The van der Waals surface area contributed by atoms with Crippen molar-refractivity contribution in [3.63, 3.8) is 0 Å². The summed E-state index contributed by atoms with van der Waals surface area (Å²) in [5.74, 6) is 0. The van der Waals surface area contributed by atoms with Gasteiger partial charge in [-0.25, -0.2) is 0 Å². The van der Waals surface area contributed by atoms with Crippen LogP contribution in [0.15, 0.2) is 237 Å².